The molecule has 0 aromatic heterocycles. The Morgan fingerprint density at radius 1 is 1.38 bits per heavy atom. The molecule has 0 bridgehead atoms. The van der Waals surface area contributed by atoms with Crippen LogP contribution in [0.1, 0.15) is 47.5 Å². The summed E-state index contributed by atoms with van der Waals surface area (Å²) in [6.45, 7) is 11.2. The number of nitrogens with one attached hydrogen (secondary N) is 1. The average molecular weight is 229 g/mol. The smallest absolute Gasteiger partial charge is 0.225 e. The van der Waals surface area contributed by atoms with E-state index >= 15 is 0 Å². The summed E-state index contributed by atoms with van der Waals surface area (Å²) in [4.78, 5) is 11.7. The van der Waals surface area contributed by atoms with E-state index in [9.17, 15) is 4.79 Å². The molecule has 1 unspecified atom stereocenters. The van der Waals surface area contributed by atoms with Crippen molar-refractivity contribution in [2.75, 3.05) is 13.2 Å². The van der Waals surface area contributed by atoms with Crippen LogP contribution in [0.15, 0.2) is 0 Å². The van der Waals surface area contributed by atoms with Crippen LogP contribution in [0.2, 0.25) is 0 Å². The zero-order valence-electron chi connectivity index (χ0n) is 11.3. The van der Waals surface area contributed by atoms with E-state index in [-0.39, 0.29) is 23.8 Å². The summed E-state index contributed by atoms with van der Waals surface area (Å²) in [7, 11) is 0. The highest BCUT2D eigenvalue weighted by Crippen LogP contribution is 2.24. The monoisotopic (exact) mass is 229 g/mol. The molecule has 1 amide bonds. The van der Waals surface area contributed by atoms with Gasteiger partial charge in [0.15, 0.2) is 0 Å². The van der Waals surface area contributed by atoms with E-state index in [1.807, 2.05) is 6.92 Å². The van der Waals surface area contributed by atoms with E-state index in [0.29, 0.717) is 18.9 Å². The Morgan fingerprint density at radius 2 is 1.94 bits per heavy atom. The van der Waals surface area contributed by atoms with Gasteiger partial charge in [-0.2, -0.15) is 0 Å². The van der Waals surface area contributed by atoms with Crippen molar-refractivity contribution in [2.24, 2.45) is 17.3 Å². The highest BCUT2D eigenvalue weighted by atomic mass is 16.3. The van der Waals surface area contributed by atoms with Gasteiger partial charge in [0.1, 0.15) is 0 Å². The van der Waals surface area contributed by atoms with Crippen LogP contribution in [0.4, 0.5) is 0 Å². The second-order valence-electron chi connectivity index (χ2n) is 5.77. The summed E-state index contributed by atoms with van der Waals surface area (Å²) >= 11 is 0. The fourth-order valence-electron chi connectivity index (χ4n) is 2.05. The average Bonchev–Trinajstić information content (AvgIpc) is 2.15. The predicted molar refractivity (Wildman–Crippen MR) is 67.1 cm³/mol. The molecule has 0 aliphatic carbocycles. The van der Waals surface area contributed by atoms with Crippen molar-refractivity contribution >= 4 is 5.91 Å². The third-order valence-electron chi connectivity index (χ3n) is 2.79. The Hall–Kier alpha value is -0.570. The molecule has 0 radical (unpaired) electrons. The Balaban J connectivity index is 4.08. The first-order valence-corrected chi connectivity index (χ1v) is 6.21. The number of aliphatic hydroxyl groups is 1. The van der Waals surface area contributed by atoms with Crippen LogP contribution in [-0.4, -0.2) is 24.2 Å². The number of aliphatic hydroxyl groups excluding tert-OH is 1. The summed E-state index contributed by atoms with van der Waals surface area (Å²) in [5.41, 5.74) is 0.123. The van der Waals surface area contributed by atoms with E-state index in [4.69, 9.17) is 5.11 Å². The zero-order chi connectivity index (χ0) is 12.8. The van der Waals surface area contributed by atoms with Gasteiger partial charge in [0.05, 0.1) is 12.5 Å². The highest BCUT2D eigenvalue weighted by Gasteiger charge is 2.22. The molecule has 0 aliphatic heterocycles. The number of carbonyl (C=O) groups excluding carboxylic acids is 1. The van der Waals surface area contributed by atoms with E-state index in [2.05, 4.69) is 33.0 Å². The normalized spacial score (nSPS) is 13.9. The number of rotatable bonds is 7. The van der Waals surface area contributed by atoms with Gasteiger partial charge in [0, 0.05) is 6.54 Å². The first-order chi connectivity index (χ1) is 7.32. The van der Waals surface area contributed by atoms with Gasteiger partial charge in [-0.15, -0.1) is 0 Å². The number of amides is 1. The van der Waals surface area contributed by atoms with Crippen LogP contribution in [0, 0.1) is 17.3 Å². The lowest BCUT2D eigenvalue weighted by molar-refractivity contribution is -0.126. The van der Waals surface area contributed by atoms with E-state index < -0.39 is 0 Å². The minimum Gasteiger partial charge on any atom is -0.396 e. The molecule has 0 saturated carbocycles. The molecule has 0 aliphatic rings. The van der Waals surface area contributed by atoms with Crippen LogP contribution < -0.4 is 5.32 Å². The first kappa shape index (κ1) is 15.4. The topological polar surface area (TPSA) is 49.3 Å². The Bertz CT molecular complexity index is 208. The minimum atomic E-state index is -0.255. The van der Waals surface area contributed by atoms with Crippen molar-refractivity contribution < 1.29 is 9.90 Å². The molecule has 0 spiro atoms. The van der Waals surface area contributed by atoms with Crippen LogP contribution in [0.3, 0.4) is 0 Å². The summed E-state index contributed by atoms with van der Waals surface area (Å²) < 4.78 is 0. The molecule has 2 N–H and O–H groups in total. The molecule has 0 saturated heterocycles. The van der Waals surface area contributed by atoms with Crippen molar-refractivity contribution in [1.82, 2.24) is 5.32 Å². The second-order valence-corrected chi connectivity index (χ2v) is 5.77. The lowest BCUT2D eigenvalue weighted by atomic mass is 9.84. The third kappa shape index (κ3) is 6.11. The molecule has 96 valence electrons. The van der Waals surface area contributed by atoms with Gasteiger partial charge in [-0.3, -0.25) is 4.79 Å². The summed E-state index contributed by atoms with van der Waals surface area (Å²) in [6.07, 6.45) is 1.77. The van der Waals surface area contributed by atoms with Crippen LogP contribution in [-0.2, 0) is 4.79 Å². The van der Waals surface area contributed by atoms with Crippen molar-refractivity contribution in [2.45, 2.75) is 47.5 Å². The van der Waals surface area contributed by atoms with Crippen molar-refractivity contribution in [3.63, 3.8) is 0 Å². The van der Waals surface area contributed by atoms with Crippen LogP contribution >= 0.6 is 0 Å². The largest absolute Gasteiger partial charge is 0.396 e. The molecule has 16 heavy (non-hydrogen) atoms. The van der Waals surface area contributed by atoms with Gasteiger partial charge in [0.25, 0.3) is 0 Å². The van der Waals surface area contributed by atoms with Gasteiger partial charge < -0.3 is 10.4 Å². The fraction of sp³-hybridized carbons (Fsp3) is 0.923. The number of carbonyl (C=O) groups is 1. The van der Waals surface area contributed by atoms with Crippen molar-refractivity contribution in [3.8, 4) is 0 Å². The molecular formula is C13H27NO2. The molecular weight excluding hydrogens is 202 g/mol. The lowest BCUT2D eigenvalue weighted by Crippen LogP contribution is -2.39. The van der Waals surface area contributed by atoms with Gasteiger partial charge >= 0.3 is 0 Å². The van der Waals surface area contributed by atoms with Crippen molar-refractivity contribution in [3.05, 3.63) is 0 Å². The third-order valence-corrected chi connectivity index (χ3v) is 2.79. The second kappa shape index (κ2) is 6.89. The maximum absolute atomic E-state index is 11.7. The van der Waals surface area contributed by atoms with E-state index in [1.165, 1.54) is 0 Å². The fourth-order valence-corrected chi connectivity index (χ4v) is 2.05. The maximum atomic E-state index is 11.7. The summed E-state index contributed by atoms with van der Waals surface area (Å²) in [6, 6.07) is 0. The van der Waals surface area contributed by atoms with E-state index in [1.54, 1.807) is 0 Å². The standard InChI is InChI=1S/C13H27NO2/c1-6-11(8-15)12(16)14-9-13(4,5)7-10(2)3/h10-11,15H,6-9H2,1-5H3,(H,14,16). The first-order valence-electron chi connectivity index (χ1n) is 6.21. The minimum absolute atomic E-state index is 0.0261. The van der Waals surface area contributed by atoms with Gasteiger partial charge in [-0.1, -0.05) is 34.6 Å². The molecule has 0 aromatic rings. The Morgan fingerprint density at radius 3 is 2.31 bits per heavy atom. The molecule has 1 atom stereocenters. The quantitative estimate of drug-likeness (QED) is 0.703. The lowest BCUT2D eigenvalue weighted by Gasteiger charge is -2.27. The zero-order valence-corrected chi connectivity index (χ0v) is 11.3. The van der Waals surface area contributed by atoms with Crippen molar-refractivity contribution in [1.29, 1.82) is 0 Å². The number of hydrogen-bond donors (Lipinski definition) is 2. The molecule has 3 nitrogen and oxygen atoms in total. The highest BCUT2D eigenvalue weighted by molar-refractivity contribution is 5.78. The van der Waals surface area contributed by atoms with Gasteiger partial charge in [-0.05, 0) is 24.2 Å². The predicted octanol–water partition coefficient (Wildman–Crippen LogP) is 2.19. The summed E-state index contributed by atoms with van der Waals surface area (Å²) in [5, 5.41) is 11.9. The molecule has 0 aromatic carbocycles. The Labute approximate surface area is 99.6 Å². The maximum Gasteiger partial charge on any atom is 0.225 e. The molecule has 0 heterocycles. The molecule has 0 fully saturated rings. The molecule has 3 heteroatoms. The Kier molecular flexibility index (Phi) is 6.65. The SMILES string of the molecule is CCC(CO)C(=O)NCC(C)(C)CC(C)C. The van der Waals surface area contributed by atoms with Gasteiger partial charge in [-0.25, -0.2) is 0 Å². The van der Waals surface area contributed by atoms with Crippen LogP contribution in [0.25, 0.3) is 0 Å². The van der Waals surface area contributed by atoms with E-state index in [0.717, 1.165) is 6.42 Å². The van der Waals surface area contributed by atoms with Crippen LogP contribution in [0.5, 0.6) is 0 Å². The number of hydrogen-bond acceptors (Lipinski definition) is 2. The summed E-state index contributed by atoms with van der Waals surface area (Å²) in [5.74, 6) is 0.350. The van der Waals surface area contributed by atoms with Gasteiger partial charge in [0.2, 0.25) is 5.91 Å². The molecule has 0 rings (SSSR count).